The fourth-order valence-corrected chi connectivity index (χ4v) is 2.73. The fraction of sp³-hybridized carbons (Fsp3) is 0.455. The molecular formula is C11H13N3S. The third-order valence-electron chi connectivity index (χ3n) is 2.47. The van der Waals surface area contributed by atoms with E-state index in [9.17, 15) is 0 Å². The maximum Gasteiger partial charge on any atom is 0.140 e. The Balaban J connectivity index is 1.95. The van der Waals surface area contributed by atoms with Crippen LogP contribution in [0.1, 0.15) is 18.5 Å². The first-order valence-electron chi connectivity index (χ1n) is 5.09. The van der Waals surface area contributed by atoms with Crippen molar-refractivity contribution in [3.8, 4) is 6.07 Å². The molecule has 0 bridgehead atoms. The quantitative estimate of drug-likeness (QED) is 0.829. The zero-order valence-corrected chi connectivity index (χ0v) is 9.26. The summed E-state index contributed by atoms with van der Waals surface area (Å²) in [6.45, 7) is 0. The minimum absolute atomic E-state index is 0.472. The van der Waals surface area contributed by atoms with Crippen molar-refractivity contribution in [3.05, 3.63) is 24.0 Å². The van der Waals surface area contributed by atoms with Crippen LogP contribution in [0.2, 0.25) is 0 Å². The number of rotatable bonds is 2. The molecule has 3 nitrogen and oxygen atoms in total. The Morgan fingerprint density at radius 2 is 2.20 bits per heavy atom. The van der Waals surface area contributed by atoms with Gasteiger partial charge in [-0.2, -0.15) is 17.0 Å². The maximum absolute atomic E-state index is 8.61. The minimum atomic E-state index is 0.472. The Morgan fingerprint density at radius 3 is 2.80 bits per heavy atom. The third-order valence-corrected chi connectivity index (χ3v) is 3.52. The molecule has 1 aromatic heterocycles. The number of nitrogens with one attached hydrogen (secondary N) is 1. The Labute approximate surface area is 93.9 Å². The second kappa shape index (κ2) is 5.04. The highest BCUT2D eigenvalue weighted by Gasteiger charge is 2.12. The van der Waals surface area contributed by atoms with Crippen LogP contribution >= 0.6 is 11.8 Å². The normalized spacial score (nSPS) is 17.0. The molecule has 2 rings (SSSR count). The molecule has 0 amide bonds. The topological polar surface area (TPSA) is 48.7 Å². The summed E-state index contributed by atoms with van der Waals surface area (Å²) in [5.41, 5.74) is 1.49. The molecule has 0 unspecified atom stereocenters. The van der Waals surface area contributed by atoms with Crippen molar-refractivity contribution < 1.29 is 0 Å². The largest absolute Gasteiger partial charge is 0.381 e. The molecule has 78 valence electrons. The van der Waals surface area contributed by atoms with Crippen LogP contribution in [-0.2, 0) is 0 Å². The lowest BCUT2D eigenvalue weighted by Gasteiger charge is -2.23. The van der Waals surface area contributed by atoms with Gasteiger partial charge < -0.3 is 5.32 Å². The highest BCUT2D eigenvalue weighted by Crippen LogP contribution is 2.20. The van der Waals surface area contributed by atoms with Crippen LogP contribution < -0.4 is 5.32 Å². The smallest absolute Gasteiger partial charge is 0.140 e. The van der Waals surface area contributed by atoms with Crippen LogP contribution in [-0.4, -0.2) is 22.5 Å². The van der Waals surface area contributed by atoms with E-state index >= 15 is 0 Å². The first-order chi connectivity index (χ1) is 7.38. The van der Waals surface area contributed by atoms with Crippen molar-refractivity contribution in [3.63, 3.8) is 0 Å². The summed E-state index contributed by atoms with van der Waals surface area (Å²) in [5, 5.41) is 12.1. The number of hydrogen-bond acceptors (Lipinski definition) is 4. The first-order valence-corrected chi connectivity index (χ1v) is 6.24. The van der Waals surface area contributed by atoms with Gasteiger partial charge in [0, 0.05) is 6.04 Å². The lowest BCUT2D eigenvalue weighted by atomic mass is 10.1. The van der Waals surface area contributed by atoms with Crippen LogP contribution in [0.4, 0.5) is 5.69 Å². The van der Waals surface area contributed by atoms with Gasteiger partial charge in [-0.15, -0.1) is 0 Å². The summed E-state index contributed by atoms with van der Waals surface area (Å²) < 4.78 is 0. The van der Waals surface area contributed by atoms with Gasteiger partial charge in [0.1, 0.15) is 11.8 Å². The lowest BCUT2D eigenvalue weighted by molar-refractivity contribution is 0.666. The summed E-state index contributed by atoms with van der Waals surface area (Å²) in [6, 6.07) is 6.26. The summed E-state index contributed by atoms with van der Waals surface area (Å²) in [5.74, 6) is 2.47. The van der Waals surface area contributed by atoms with Gasteiger partial charge in [0.2, 0.25) is 0 Å². The third kappa shape index (κ3) is 2.87. The van der Waals surface area contributed by atoms with Gasteiger partial charge >= 0.3 is 0 Å². The summed E-state index contributed by atoms with van der Waals surface area (Å²) in [4.78, 5) is 4.03. The van der Waals surface area contributed by atoms with Crippen LogP contribution in [0.5, 0.6) is 0 Å². The second-order valence-corrected chi connectivity index (χ2v) is 4.80. The standard InChI is InChI=1S/C11H13N3S/c12-7-10-1-2-11(8-13-10)14-9-3-5-15-6-4-9/h1-2,8-9,14H,3-6H2. The number of pyridine rings is 1. The summed E-state index contributed by atoms with van der Waals surface area (Å²) in [6.07, 6.45) is 4.16. The van der Waals surface area contributed by atoms with Gasteiger partial charge in [0.25, 0.3) is 0 Å². The van der Waals surface area contributed by atoms with Crippen LogP contribution in [0.25, 0.3) is 0 Å². The molecule has 4 heteroatoms. The zero-order chi connectivity index (χ0) is 10.5. The molecule has 1 saturated heterocycles. The molecule has 0 atom stereocenters. The highest BCUT2D eigenvalue weighted by atomic mass is 32.2. The van der Waals surface area contributed by atoms with E-state index in [1.54, 1.807) is 12.3 Å². The van der Waals surface area contributed by atoms with Crippen molar-refractivity contribution in [1.82, 2.24) is 4.98 Å². The minimum Gasteiger partial charge on any atom is -0.381 e. The van der Waals surface area contributed by atoms with Gasteiger partial charge in [0.15, 0.2) is 0 Å². The van der Waals surface area contributed by atoms with Crippen molar-refractivity contribution in [2.45, 2.75) is 18.9 Å². The van der Waals surface area contributed by atoms with Gasteiger partial charge in [-0.1, -0.05) is 0 Å². The van der Waals surface area contributed by atoms with Crippen molar-refractivity contribution in [2.75, 3.05) is 16.8 Å². The number of nitriles is 1. The predicted octanol–water partition coefficient (Wildman–Crippen LogP) is 2.26. The lowest BCUT2D eigenvalue weighted by Crippen LogP contribution is -2.24. The molecule has 0 radical (unpaired) electrons. The molecule has 1 fully saturated rings. The Kier molecular flexibility index (Phi) is 3.46. The molecule has 1 aliphatic rings. The van der Waals surface area contributed by atoms with Crippen LogP contribution in [0.3, 0.4) is 0 Å². The van der Waals surface area contributed by atoms with E-state index in [0.717, 1.165) is 5.69 Å². The number of anilines is 1. The molecule has 15 heavy (non-hydrogen) atoms. The predicted molar refractivity (Wildman–Crippen MR) is 62.9 cm³/mol. The van der Waals surface area contributed by atoms with E-state index in [-0.39, 0.29) is 0 Å². The average molecular weight is 219 g/mol. The van der Waals surface area contributed by atoms with E-state index in [1.807, 2.05) is 23.9 Å². The number of thioether (sulfide) groups is 1. The first kappa shape index (κ1) is 10.3. The van der Waals surface area contributed by atoms with Crippen molar-refractivity contribution in [1.29, 1.82) is 5.26 Å². The molecule has 1 aliphatic heterocycles. The molecule has 0 spiro atoms. The Bertz CT molecular complexity index is 349. The van der Waals surface area contributed by atoms with Crippen molar-refractivity contribution in [2.24, 2.45) is 0 Å². The average Bonchev–Trinajstić information content (AvgIpc) is 2.31. The second-order valence-electron chi connectivity index (χ2n) is 3.57. The van der Waals surface area contributed by atoms with Gasteiger partial charge in [-0.05, 0) is 36.5 Å². The Hall–Kier alpha value is -1.21. The monoisotopic (exact) mass is 219 g/mol. The van der Waals surface area contributed by atoms with Crippen LogP contribution in [0.15, 0.2) is 18.3 Å². The number of aromatic nitrogens is 1. The molecule has 2 heterocycles. The molecule has 0 aliphatic carbocycles. The SMILES string of the molecule is N#Cc1ccc(NC2CCSCC2)cn1. The molecule has 0 aromatic carbocycles. The summed E-state index contributed by atoms with van der Waals surface area (Å²) >= 11 is 2.02. The zero-order valence-electron chi connectivity index (χ0n) is 8.44. The Morgan fingerprint density at radius 1 is 1.40 bits per heavy atom. The van der Waals surface area contributed by atoms with E-state index < -0.39 is 0 Å². The molecule has 1 aromatic rings. The van der Waals surface area contributed by atoms with E-state index in [0.29, 0.717) is 11.7 Å². The number of nitrogens with zero attached hydrogens (tertiary/aromatic N) is 2. The molecule has 1 N–H and O–H groups in total. The van der Waals surface area contributed by atoms with E-state index in [2.05, 4.69) is 10.3 Å². The fourth-order valence-electron chi connectivity index (χ4n) is 1.62. The van der Waals surface area contributed by atoms with Gasteiger partial charge in [-0.25, -0.2) is 4.98 Å². The molecular weight excluding hydrogens is 206 g/mol. The van der Waals surface area contributed by atoms with Gasteiger partial charge in [-0.3, -0.25) is 0 Å². The molecule has 0 saturated carbocycles. The van der Waals surface area contributed by atoms with Crippen molar-refractivity contribution >= 4 is 17.4 Å². The highest BCUT2D eigenvalue weighted by molar-refractivity contribution is 7.99. The van der Waals surface area contributed by atoms with Crippen LogP contribution in [0, 0.1) is 11.3 Å². The van der Waals surface area contributed by atoms with Gasteiger partial charge in [0.05, 0.1) is 11.9 Å². The van der Waals surface area contributed by atoms with E-state index in [1.165, 1.54) is 24.3 Å². The van der Waals surface area contributed by atoms with E-state index in [4.69, 9.17) is 5.26 Å². The maximum atomic E-state index is 8.61. The summed E-state index contributed by atoms with van der Waals surface area (Å²) in [7, 11) is 0. The number of hydrogen-bond donors (Lipinski definition) is 1.